The van der Waals surface area contributed by atoms with E-state index in [4.69, 9.17) is 0 Å². The Morgan fingerprint density at radius 3 is 2.46 bits per heavy atom. The van der Waals surface area contributed by atoms with E-state index < -0.39 is 15.6 Å². The average Bonchev–Trinajstić information content (AvgIpc) is 2.47. The number of nitro groups is 2. The van der Waals surface area contributed by atoms with Crippen LogP contribution in [0.15, 0.2) is 6.20 Å². The topological polar surface area (TPSA) is 113 Å². The van der Waals surface area contributed by atoms with Gasteiger partial charge in [-0.1, -0.05) is 0 Å². The van der Waals surface area contributed by atoms with Crippen molar-refractivity contribution >= 4 is 5.69 Å². The lowest BCUT2D eigenvalue weighted by Gasteiger charge is -1.85. The molecule has 0 saturated carbocycles. The summed E-state index contributed by atoms with van der Waals surface area (Å²) in [5.41, 5.74) is -0.542. The van der Waals surface area contributed by atoms with Gasteiger partial charge in [0, 0.05) is 4.79 Å². The Kier molecular flexibility index (Phi) is 2.09. The fourth-order valence-corrected chi connectivity index (χ4v) is 0.692. The SMILES string of the molecule is COc1nn([N+](=O)[O-])cc1[N+](=O)[O-]. The van der Waals surface area contributed by atoms with Gasteiger partial charge in [0.1, 0.15) is 5.10 Å². The fraction of sp³-hybridized carbons (Fsp3) is 0.250. The molecule has 0 aromatic carbocycles. The number of ether oxygens (including phenoxy) is 1. The van der Waals surface area contributed by atoms with E-state index in [1.807, 2.05) is 0 Å². The fourth-order valence-electron chi connectivity index (χ4n) is 0.692. The van der Waals surface area contributed by atoms with Crippen molar-refractivity contribution in [3.63, 3.8) is 0 Å². The van der Waals surface area contributed by atoms with E-state index in [0.717, 1.165) is 7.11 Å². The van der Waals surface area contributed by atoms with Crippen LogP contribution < -0.4 is 4.74 Å². The highest BCUT2D eigenvalue weighted by atomic mass is 16.7. The van der Waals surface area contributed by atoms with Crippen LogP contribution in [-0.2, 0) is 0 Å². The molecule has 0 spiro atoms. The van der Waals surface area contributed by atoms with Crippen LogP contribution in [0, 0.1) is 20.2 Å². The molecule has 0 fully saturated rings. The van der Waals surface area contributed by atoms with Crippen molar-refractivity contribution < 1.29 is 14.7 Å². The molecule has 0 unspecified atom stereocenters. The minimum Gasteiger partial charge on any atom is -0.456 e. The highest BCUT2D eigenvalue weighted by Crippen LogP contribution is 2.23. The normalized spacial score (nSPS) is 9.62. The van der Waals surface area contributed by atoms with E-state index in [9.17, 15) is 20.2 Å². The molecule has 1 aromatic rings. The third-order valence-corrected chi connectivity index (χ3v) is 1.21. The van der Waals surface area contributed by atoms with E-state index >= 15 is 0 Å². The zero-order chi connectivity index (χ0) is 10.0. The standard InChI is InChI=1S/C4H4N4O5/c1-13-4-3(7(9)10)2-6(5-4)8(11)12/h2H,1H3. The maximum Gasteiger partial charge on any atom is 0.434 e. The summed E-state index contributed by atoms with van der Waals surface area (Å²) >= 11 is 0. The Morgan fingerprint density at radius 1 is 1.54 bits per heavy atom. The van der Waals surface area contributed by atoms with Gasteiger partial charge in [-0.2, -0.15) is 0 Å². The molecule has 9 nitrogen and oxygen atoms in total. The third kappa shape index (κ3) is 1.52. The summed E-state index contributed by atoms with van der Waals surface area (Å²) in [5, 5.41) is 22.7. The largest absolute Gasteiger partial charge is 0.456 e. The molecule has 0 radical (unpaired) electrons. The van der Waals surface area contributed by atoms with Crippen LogP contribution in [0.5, 0.6) is 5.88 Å². The van der Waals surface area contributed by atoms with Crippen molar-refractivity contribution in [3.05, 3.63) is 26.4 Å². The molecule has 0 aliphatic heterocycles. The maximum absolute atomic E-state index is 10.3. The molecule has 13 heavy (non-hydrogen) atoms. The quantitative estimate of drug-likeness (QED) is 0.480. The van der Waals surface area contributed by atoms with Crippen molar-refractivity contribution in [1.82, 2.24) is 9.89 Å². The summed E-state index contributed by atoms with van der Waals surface area (Å²) in [6.45, 7) is 0. The van der Waals surface area contributed by atoms with Gasteiger partial charge in [0.15, 0.2) is 6.20 Å². The Bertz CT molecular complexity index is 357. The van der Waals surface area contributed by atoms with Crippen molar-refractivity contribution in [2.75, 3.05) is 7.11 Å². The number of hydrogen-bond acceptors (Lipinski definition) is 6. The van der Waals surface area contributed by atoms with Gasteiger partial charge in [-0.25, -0.2) is 0 Å². The second kappa shape index (κ2) is 3.05. The molecular weight excluding hydrogens is 184 g/mol. The minimum atomic E-state index is -0.907. The highest BCUT2D eigenvalue weighted by molar-refractivity contribution is 5.37. The molecule has 1 aromatic heterocycles. The number of rotatable bonds is 3. The predicted molar refractivity (Wildman–Crippen MR) is 37.8 cm³/mol. The van der Waals surface area contributed by atoms with Gasteiger partial charge < -0.3 is 14.9 Å². The first kappa shape index (κ1) is 8.90. The van der Waals surface area contributed by atoms with Crippen LogP contribution in [-0.4, -0.2) is 27.0 Å². The third-order valence-electron chi connectivity index (χ3n) is 1.21. The van der Waals surface area contributed by atoms with Gasteiger partial charge in [-0.05, 0) is 0 Å². The first-order valence-electron chi connectivity index (χ1n) is 2.99. The van der Waals surface area contributed by atoms with Gasteiger partial charge in [0.05, 0.1) is 17.1 Å². The lowest BCUT2D eigenvalue weighted by Crippen LogP contribution is -2.08. The van der Waals surface area contributed by atoms with Crippen LogP contribution in [0.2, 0.25) is 0 Å². The molecule has 1 rings (SSSR count). The van der Waals surface area contributed by atoms with Gasteiger partial charge >= 0.3 is 11.6 Å². The van der Waals surface area contributed by atoms with Crippen molar-refractivity contribution in [2.45, 2.75) is 0 Å². The van der Waals surface area contributed by atoms with E-state index in [1.54, 1.807) is 0 Å². The molecule has 0 N–H and O–H groups in total. The Morgan fingerprint density at radius 2 is 2.15 bits per heavy atom. The highest BCUT2D eigenvalue weighted by Gasteiger charge is 2.28. The van der Waals surface area contributed by atoms with E-state index in [2.05, 4.69) is 9.84 Å². The number of nitrogens with zero attached hydrogens (tertiary/aromatic N) is 4. The van der Waals surface area contributed by atoms with Crippen LogP contribution in [0.1, 0.15) is 0 Å². The van der Waals surface area contributed by atoms with Crippen LogP contribution in [0.25, 0.3) is 0 Å². The minimum absolute atomic E-state index is 0.219. The van der Waals surface area contributed by atoms with E-state index in [0.29, 0.717) is 6.20 Å². The van der Waals surface area contributed by atoms with E-state index in [1.165, 1.54) is 0 Å². The molecule has 0 saturated heterocycles. The lowest BCUT2D eigenvalue weighted by molar-refractivity contribution is -0.553. The van der Waals surface area contributed by atoms with Crippen LogP contribution in [0.4, 0.5) is 5.69 Å². The number of methoxy groups -OCH3 is 1. The second-order valence-electron chi connectivity index (χ2n) is 1.94. The Hall–Kier alpha value is -2.19. The Labute approximate surface area is 70.8 Å². The molecular formula is C4H4N4O5. The second-order valence-corrected chi connectivity index (χ2v) is 1.94. The zero-order valence-electron chi connectivity index (χ0n) is 6.41. The van der Waals surface area contributed by atoms with Crippen molar-refractivity contribution in [1.29, 1.82) is 0 Å². The first-order valence-corrected chi connectivity index (χ1v) is 2.99. The van der Waals surface area contributed by atoms with E-state index in [-0.39, 0.29) is 10.7 Å². The molecule has 70 valence electrons. The molecule has 0 aliphatic carbocycles. The summed E-state index contributed by atoms with van der Waals surface area (Å²) in [4.78, 5) is 19.8. The zero-order valence-corrected chi connectivity index (χ0v) is 6.41. The van der Waals surface area contributed by atoms with Gasteiger partial charge in [-0.15, -0.1) is 0 Å². The molecule has 0 atom stereocenters. The molecule has 0 aliphatic rings. The van der Waals surface area contributed by atoms with Gasteiger partial charge in [0.2, 0.25) is 0 Å². The lowest BCUT2D eigenvalue weighted by atomic mass is 10.6. The van der Waals surface area contributed by atoms with Crippen LogP contribution in [0.3, 0.4) is 0 Å². The molecule has 0 bridgehead atoms. The Balaban J connectivity index is 3.19. The van der Waals surface area contributed by atoms with Gasteiger partial charge in [-0.3, -0.25) is 10.1 Å². The maximum atomic E-state index is 10.3. The first-order chi connectivity index (χ1) is 6.06. The van der Waals surface area contributed by atoms with Crippen molar-refractivity contribution in [2.24, 2.45) is 0 Å². The van der Waals surface area contributed by atoms with Crippen LogP contribution >= 0.6 is 0 Å². The average molecular weight is 188 g/mol. The summed E-state index contributed by atoms with van der Waals surface area (Å²) in [6, 6.07) is 0. The molecule has 1 heterocycles. The van der Waals surface area contributed by atoms with Crippen molar-refractivity contribution in [3.8, 4) is 5.88 Å². The molecule has 0 amide bonds. The number of aromatic nitrogens is 2. The van der Waals surface area contributed by atoms with Gasteiger partial charge in [0.25, 0.3) is 0 Å². The smallest absolute Gasteiger partial charge is 0.434 e. The summed E-state index contributed by atoms with van der Waals surface area (Å²) in [7, 11) is 1.14. The molecule has 9 heteroatoms. The summed E-state index contributed by atoms with van der Waals surface area (Å²) in [6.07, 6.45) is 0.666. The summed E-state index contributed by atoms with van der Waals surface area (Å²) in [5.74, 6) is -0.387. The monoisotopic (exact) mass is 188 g/mol. The summed E-state index contributed by atoms with van der Waals surface area (Å²) < 4.78 is 4.46. The number of hydrogen-bond donors (Lipinski definition) is 0. The predicted octanol–water partition coefficient (Wildman–Crippen LogP) is -0.160.